The number of aromatic nitrogens is 2. The van der Waals surface area contributed by atoms with Crippen molar-refractivity contribution in [2.45, 2.75) is 59.4 Å². The van der Waals surface area contributed by atoms with Crippen LogP contribution in [0.2, 0.25) is 0 Å². The molecule has 1 fully saturated rings. The zero-order valence-corrected chi connectivity index (χ0v) is 18.3. The zero-order chi connectivity index (χ0) is 20.7. The van der Waals surface area contributed by atoms with Crippen LogP contribution in [0.15, 0.2) is 23.0 Å². The molecule has 1 aliphatic heterocycles. The molecule has 2 aromatic heterocycles. The fraction of sp³-hybridized carbons (Fsp3) is 0.435. The van der Waals surface area contributed by atoms with Crippen LogP contribution in [0.1, 0.15) is 58.3 Å². The Kier molecular flexibility index (Phi) is 5.30. The summed E-state index contributed by atoms with van der Waals surface area (Å²) in [6, 6.07) is 6.70. The second kappa shape index (κ2) is 7.75. The number of benzene rings is 1. The van der Waals surface area contributed by atoms with Crippen molar-refractivity contribution in [1.82, 2.24) is 14.9 Å². The highest BCUT2D eigenvalue weighted by atomic mass is 32.1. The topological polar surface area (TPSA) is 66.1 Å². The number of amides is 1. The first-order valence-corrected chi connectivity index (χ1v) is 11.0. The highest BCUT2D eigenvalue weighted by Crippen LogP contribution is 2.33. The van der Waals surface area contributed by atoms with Gasteiger partial charge in [-0.25, -0.2) is 4.98 Å². The molecule has 6 heteroatoms. The lowest BCUT2D eigenvalue weighted by Gasteiger charge is -2.26. The fourth-order valence-corrected chi connectivity index (χ4v) is 5.45. The Morgan fingerprint density at radius 1 is 1.21 bits per heavy atom. The number of aromatic amines is 1. The van der Waals surface area contributed by atoms with Gasteiger partial charge in [-0.05, 0) is 51.7 Å². The van der Waals surface area contributed by atoms with Crippen molar-refractivity contribution in [3.63, 3.8) is 0 Å². The number of nitrogens with zero attached hydrogens (tertiary/aromatic N) is 2. The van der Waals surface area contributed by atoms with Crippen LogP contribution in [-0.4, -0.2) is 27.3 Å². The normalized spacial score (nSPS) is 16.7. The lowest BCUT2D eigenvalue weighted by molar-refractivity contribution is -0.132. The molecule has 1 unspecified atom stereocenters. The third-order valence-corrected chi connectivity index (χ3v) is 6.97. The molecule has 5 nitrogen and oxygen atoms in total. The Labute approximate surface area is 174 Å². The third-order valence-electron chi connectivity index (χ3n) is 5.87. The average Bonchev–Trinajstić information content (AvgIpc) is 3.24. The lowest BCUT2D eigenvalue weighted by Crippen LogP contribution is -2.31. The number of aryl methyl sites for hydroxylation is 5. The third kappa shape index (κ3) is 3.86. The SMILES string of the molecule is Cc1cc(C)cc(C2CCCN2C(=O)CCc2nc3sc(C)c(C)c3c(=O)[nH]2)c1. The summed E-state index contributed by atoms with van der Waals surface area (Å²) in [5, 5.41) is 0.678. The van der Waals surface area contributed by atoms with E-state index in [0.717, 1.165) is 34.7 Å². The van der Waals surface area contributed by atoms with Gasteiger partial charge in [0.25, 0.3) is 5.56 Å². The molecule has 1 aliphatic rings. The van der Waals surface area contributed by atoms with Crippen LogP contribution in [-0.2, 0) is 11.2 Å². The summed E-state index contributed by atoms with van der Waals surface area (Å²) >= 11 is 1.54. The van der Waals surface area contributed by atoms with Gasteiger partial charge in [-0.15, -0.1) is 11.3 Å². The van der Waals surface area contributed by atoms with Crippen LogP contribution in [0.5, 0.6) is 0 Å². The number of likely N-dealkylation sites (tertiary alicyclic amines) is 1. The maximum atomic E-state index is 13.0. The molecule has 0 radical (unpaired) electrons. The fourth-order valence-electron chi connectivity index (χ4n) is 4.40. The van der Waals surface area contributed by atoms with Gasteiger partial charge >= 0.3 is 0 Å². The standard InChI is InChI=1S/C23H27N3O2S/c1-13-10-14(2)12-17(11-13)18-6-5-9-26(18)20(27)8-7-19-24-22(28)21-15(3)16(4)29-23(21)25-19/h10-12,18H,5-9H2,1-4H3,(H,24,25,28). The van der Waals surface area contributed by atoms with Crippen LogP contribution in [0.3, 0.4) is 0 Å². The number of hydrogen-bond donors (Lipinski definition) is 1. The van der Waals surface area contributed by atoms with Gasteiger partial charge in [0.2, 0.25) is 5.91 Å². The predicted molar refractivity (Wildman–Crippen MR) is 118 cm³/mol. The Hall–Kier alpha value is -2.47. The largest absolute Gasteiger partial charge is 0.336 e. The van der Waals surface area contributed by atoms with Gasteiger partial charge in [-0.3, -0.25) is 9.59 Å². The smallest absolute Gasteiger partial charge is 0.259 e. The van der Waals surface area contributed by atoms with E-state index in [2.05, 4.69) is 42.0 Å². The number of carbonyl (C=O) groups excluding carboxylic acids is 1. The summed E-state index contributed by atoms with van der Waals surface area (Å²) in [6.07, 6.45) is 2.84. The average molecular weight is 410 g/mol. The monoisotopic (exact) mass is 409 g/mol. The molecule has 29 heavy (non-hydrogen) atoms. The molecule has 4 rings (SSSR count). The molecule has 1 N–H and O–H groups in total. The zero-order valence-electron chi connectivity index (χ0n) is 17.5. The van der Waals surface area contributed by atoms with Crippen molar-refractivity contribution >= 4 is 27.5 Å². The minimum Gasteiger partial charge on any atom is -0.336 e. The second-order valence-electron chi connectivity index (χ2n) is 8.14. The number of rotatable bonds is 4. The first-order chi connectivity index (χ1) is 13.8. The molecular formula is C23H27N3O2S. The van der Waals surface area contributed by atoms with Gasteiger partial charge in [0.05, 0.1) is 11.4 Å². The Bertz CT molecular complexity index is 1120. The highest BCUT2D eigenvalue weighted by Gasteiger charge is 2.30. The van der Waals surface area contributed by atoms with Gasteiger partial charge in [-0.1, -0.05) is 29.3 Å². The van der Waals surface area contributed by atoms with Gasteiger partial charge < -0.3 is 9.88 Å². The van der Waals surface area contributed by atoms with E-state index in [4.69, 9.17) is 0 Å². The number of nitrogens with one attached hydrogen (secondary N) is 1. The molecule has 0 spiro atoms. The number of thiophene rings is 1. The summed E-state index contributed by atoms with van der Waals surface area (Å²) in [7, 11) is 0. The molecule has 152 valence electrons. The molecule has 0 saturated carbocycles. The summed E-state index contributed by atoms with van der Waals surface area (Å²) < 4.78 is 0. The molecule has 0 aliphatic carbocycles. The maximum Gasteiger partial charge on any atom is 0.259 e. The summed E-state index contributed by atoms with van der Waals surface area (Å²) in [5.74, 6) is 0.729. The van der Waals surface area contributed by atoms with Crippen molar-refractivity contribution in [2.75, 3.05) is 6.54 Å². The van der Waals surface area contributed by atoms with Gasteiger partial charge in [0.1, 0.15) is 10.7 Å². The summed E-state index contributed by atoms with van der Waals surface area (Å²) in [6.45, 7) is 8.95. The molecule has 0 bridgehead atoms. The Morgan fingerprint density at radius 2 is 1.93 bits per heavy atom. The van der Waals surface area contributed by atoms with E-state index in [-0.39, 0.29) is 17.5 Å². The molecular weight excluding hydrogens is 382 g/mol. The van der Waals surface area contributed by atoms with Crippen molar-refractivity contribution in [1.29, 1.82) is 0 Å². The Morgan fingerprint density at radius 3 is 2.66 bits per heavy atom. The van der Waals surface area contributed by atoms with Crippen LogP contribution in [0, 0.1) is 27.7 Å². The first kappa shape index (κ1) is 19.8. The highest BCUT2D eigenvalue weighted by molar-refractivity contribution is 7.18. The van der Waals surface area contributed by atoms with Gasteiger partial charge in [-0.2, -0.15) is 0 Å². The van der Waals surface area contributed by atoms with Gasteiger partial charge in [0, 0.05) is 24.3 Å². The summed E-state index contributed by atoms with van der Waals surface area (Å²) in [5.41, 5.74) is 4.58. The number of hydrogen-bond acceptors (Lipinski definition) is 4. The number of carbonyl (C=O) groups is 1. The van der Waals surface area contributed by atoms with Crippen LogP contribution in [0.4, 0.5) is 0 Å². The van der Waals surface area contributed by atoms with Crippen LogP contribution < -0.4 is 5.56 Å². The number of H-pyrrole nitrogens is 1. The molecule has 1 saturated heterocycles. The minimum atomic E-state index is -0.103. The maximum absolute atomic E-state index is 13.0. The van der Waals surface area contributed by atoms with E-state index < -0.39 is 0 Å². The quantitative estimate of drug-likeness (QED) is 0.689. The van der Waals surface area contributed by atoms with Crippen molar-refractivity contribution < 1.29 is 4.79 Å². The minimum absolute atomic E-state index is 0.103. The lowest BCUT2D eigenvalue weighted by atomic mass is 9.99. The predicted octanol–water partition coefficient (Wildman–Crippen LogP) is 4.51. The molecule has 1 aromatic carbocycles. The van der Waals surface area contributed by atoms with Gasteiger partial charge in [0.15, 0.2) is 0 Å². The van der Waals surface area contributed by atoms with E-state index in [1.54, 1.807) is 11.3 Å². The first-order valence-electron chi connectivity index (χ1n) is 10.2. The van der Waals surface area contributed by atoms with E-state index in [1.165, 1.54) is 16.7 Å². The van der Waals surface area contributed by atoms with Crippen LogP contribution >= 0.6 is 11.3 Å². The van der Waals surface area contributed by atoms with Crippen molar-refractivity contribution in [3.05, 3.63) is 61.5 Å². The van der Waals surface area contributed by atoms with E-state index >= 15 is 0 Å². The van der Waals surface area contributed by atoms with E-state index in [0.29, 0.717) is 24.1 Å². The molecule has 3 aromatic rings. The Balaban J connectivity index is 1.50. The van der Waals surface area contributed by atoms with Crippen LogP contribution in [0.25, 0.3) is 10.2 Å². The summed E-state index contributed by atoms with van der Waals surface area (Å²) in [4.78, 5) is 36.8. The van der Waals surface area contributed by atoms with Crippen molar-refractivity contribution in [3.8, 4) is 0 Å². The molecule has 1 atom stereocenters. The van der Waals surface area contributed by atoms with E-state index in [1.807, 2.05) is 18.7 Å². The second-order valence-corrected chi connectivity index (χ2v) is 9.35. The number of fused-ring (bicyclic) bond motifs is 1. The van der Waals surface area contributed by atoms with E-state index in [9.17, 15) is 9.59 Å². The molecule has 1 amide bonds. The van der Waals surface area contributed by atoms with Crippen molar-refractivity contribution in [2.24, 2.45) is 0 Å². The molecule has 3 heterocycles.